The van der Waals surface area contributed by atoms with Crippen LogP contribution in [0.25, 0.3) is 17.0 Å². The molecule has 1 aromatic heterocycles. The van der Waals surface area contributed by atoms with Gasteiger partial charge in [-0.05, 0) is 60.7 Å². The Morgan fingerprint density at radius 1 is 1.18 bits per heavy atom. The van der Waals surface area contributed by atoms with Crippen LogP contribution in [-0.4, -0.2) is 72.7 Å². The summed E-state index contributed by atoms with van der Waals surface area (Å²) in [6.07, 6.45) is 2.54. The molecule has 1 saturated heterocycles. The molecule has 0 amide bonds. The number of hydrogen-bond acceptors (Lipinski definition) is 4. The van der Waals surface area contributed by atoms with Gasteiger partial charge in [-0.25, -0.2) is 22.4 Å². The molecule has 0 bridgehead atoms. The van der Waals surface area contributed by atoms with E-state index in [2.05, 4.69) is 4.98 Å². The number of methoxy groups -OCH3 is 1. The number of nitrogens with zero attached hydrogens (tertiary/aromatic N) is 2. The number of hydrogen-bond donors (Lipinski definition) is 1. The molecule has 214 valence electrons. The van der Waals surface area contributed by atoms with E-state index in [0.717, 1.165) is 23.4 Å². The van der Waals surface area contributed by atoms with Gasteiger partial charge in [-0.1, -0.05) is 12.1 Å². The molecule has 5 nitrogen and oxygen atoms in total. The fraction of sp³-hybridized carbons (Fsp3) is 0.433. The monoisotopic (exact) mass is 561 g/mol. The molecule has 3 heterocycles. The first-order valence-electron chi connectivity index (χ1n) is 13.3. The highest BCUT2D eigenvalue weighted by molar-refractivity contribution is 5.96. The van der Waals surface area contributed by atoms with E-state index < -0.39 is 48.8 Å². The Bertz CT molecular complexity index is 1430. The van der Waals surface area contributed by atoms with Gasteiger partial charge >= 0.3 is 5.97 Å². The van der Waals surface area contributed by atoms with Crippen LogP contribution < -0.4 is 0 Å². The van der Waals surface area contributed by atoms with Crippen molar-refractivity contribution in [2.45, 2.75) is 44.7 Å². The molecule has 3 aromatic rings. The van der Waals surface area contributed by atoms with E-state index in [0.29, 0.717) is 54.8 Å². The zero-order valence-corrected chi connectivity index (χ0v) is 22.7. The first-order chi connectivity index (χ1) is 19.0. The van der Waals surface area contributed by atoms with Gasteiger partial charge in [-0.3, -0.25) is 14.2 Å². The number of likely N-dealkylation sites (tertiary alicyclic amines) is 1. The van der Waals surface area contributed by atoms with Crippen molar-refractivity contribution in [3.05, 3.63) is 75.5 Å². The number of carbonyl (C=O) groups is 1. The predicted molar refractivity (Wildman–Crippen MR) is 143 cm³/mol. The molecular formula is C30H32F5N3O2. The van der Waals surface area contributed by atoms with Crippen molar-refractivity contribution in [1.29, 1.82) is 0 Å². The molecule has 5 rings (SSSR count). The van der Waals surface area contributed by atoms with Crippen LogP contribution in [0.15, 0.2) is 35.9 Å². The van der Waals surface area contributed by atoms with Gasteiger partial charge in [0.2, 0.25) is 0 Å². The Labute approximate surface area is 229 Å². The van der Waals surface area contributed by atoms with Crippen molar-refractivity contribution >= 4 is 22.9 Å². The Hall–Kier alpha value is -3.24. The molecule has 1 fully saturated rings. The second kappa shape index (κ2) is 11.0. The minimum Gasteiger partial charge on any atom is -0.465 e. The molecule has 2 atom stereocenters. The Kier molecular flexibility index (Phi) is 7.76. The lowest BCUT2D eigenvalue weighted by molar-refractivity contribution is -0.0374. The van der Waals surface area contributed by atoms with Crippen molar-refractivity contribution < 1.29 is 31.5 Å². The molecular weight excluding hydrogens is 529 g/mol. The predicted octanol–water partition coefficient (Wildman–Crippen LogP) is 6.28. The van der Waals surface area contributed by atoms with E-state index in [1.807, 2.05) is 4.90 Å². The number of rotatable bonds is 8. The van der Waals surface area contributed by atoms with Gasteiger partial charge in [-0.15, -0.1) is 0 Å². The first-order valence-corrected chi connectivity index (χ1v) is 13.3. The summed E-state index contributed by atoms with van der Waals surface area (Å²) in [6, 6.07) is 5.81. The summed E-state index contributed by atoms with van der Waals surface area (Å²) in [4.78, 5) is 18.8. The third kappa shape index (κ3) is 5.51. The Morgan fingerprint density at radius 2 is 1.88 bits per heavy atom. The first kappa shape index (κ1) is 28.3. The van der Waals surface area contributed by atoms with Gasteiger partial charge in [-0.2, -0.15) is 0 Å². The zero-order chi connectivity index (χ0) is 28.8. The van der Waals surface area contributed by atoms with Gasteiger partial charge in [0.25, 0.3) is 5.92 Å². The third-order valence-electron chi connectivity index (χ3n) is 7.70. The van der Waals surface area contributed by atoms with E-state index in [9.17, 15) is 18.0 Å². The number of alkyl halides is 3. The molecule has 0 saturated carbocycles. The van der Waals surface area contributed by atoms with Crippen LogP contribution in [-0.2, 0) is 11.2 Å². The minimum absolute atomic E-state index is 0.296. The fourth-order valence-electron chi connectivity index (χ4n) is 5.93. The summed E-state index contributed by atoms with van der Waals surface area (Å²) < 4.78 is 77.6. The molecule has 2 aliphatic heterocycles. The molecule has 0 spiro atoms. The third-order valence-corrected chi connectivity index (χ3v) is 7.70. The number of aromatic amines is 1. The molecule has 0 unspecified atom stereocenters. The zero-order valence-electron chi connectivity index (χ0n) is 22.7. The average Bonchev–Trinajstić information content (AvgIpc) is 3.22. The topological polar surface area (TPSA) is 48.6 Å². The average molecular weight is 562 g/mol. The fourth-order valence-corrected chi connectivity index (χ4v) is 5.93. The van der Waals surface area contributed by atoms with Gasteiger partial charge in [0.05, 0.1) is 31.9 Å². The largest absolute Gasteiger partial charge is 0.465 e. The van der Waals surface area contributed by atoms with Gasteiger partial charge in [0, 0.05) is 54.8 Å². The Balaban J connectivity index is 1.57. The highest BCUT2D eigenvalue weighted by Crippen LogP contribution is 2.43. The van der Waals surface area contributed by atoms with E-state index in [1.54, 1.807) is 31.2 Å². The van der Waals surface area contributed by atoms with Crippen LogP contribution in [0.1, 0.15) is 59.1 Å². The number of ether oxygens (including phenoxy) is 1. The molecule has 1 N–H and O–H groups in total. The van der Waals surface area contributed by atoms with Gasteiger partial charge in [0.1, 0.15) is 11.6 Å². The van der Waals surface area contributed by atoms with Crippen LogP contribution >= 0.6 is 0 Å². The number of halogens is 5. The van der Waals surface area contributed by atoms with Crippen LogP contribution in [0, 0.1) is 11.6 Å². The minimum atomic E-state index is -3.11. The second-order valence-corrected chi connectivity index (χ2v) is 10.9. The van der Waals surface area contributed by atoms with Crippen LogP contribution in [0.3, 0.4) is 0 Å². The molecule has 10 heteroatoms. The maximum absolute atomic E-state index is 15.8. The summed E-state index contributed by atoms with van der Waals surface area (Å²) in [5.41, 5.74) is 3.05. The molecule has 40 heavy (non-hydrogen) atoms. The number of aromatic nitrogens is 1. The lowest BCUT2D eigenvalue weighted by Gasteiger charge is -2.42. The van der Waals surface area contributed by atoms with Crippen LogP contribution in [0.2, 0.25) is 0 Å². The summed E-state index contributed by atoms with van der Waals surface area (Å²) in [5.74, 6) is -5.30. The quantitative estimate of drug-likeness (QED) is 0.260. The van der Waals surface area contributed by atoms with Crippen molar-refractivity contribution in [2.75, 3.05) is 40.0 Å². The summed E-state index contributed by atoms with van der Waals surface area (Å²) in [6.45, 7) is 3.31. The van der Waals surface area contributed by atoms with Crippen molar-refractivity contribution in [3.63, 3.8) is 0 Å². The normalized spacial score (nSPS) is 19.9. The summed E-state index contributed by atoms with van der Waals surface area (Å²) in [5, 5.41) is 0.756. The van der Waals surface area contributed by atoms with Crippen LogP contribution in [0.4, 0.5) is 22.0 Å². The van der Waals surface area contributed by atoms with Gasteiger partial charge in [0.15, 0.2) is 0 Å². The number of benzene rings is 2. The number of nitrogens with one attached hydrogen (secondary N) is 1. The van der Waals surface area contributed by atoms with E-state index >= 15 is 8.78 Å². The maximum Gasteiger partial charge on any atom is 0.337 e. The molecule has 2 aliphatic rings. The Morgan fingerprint density at radius 3 is 2.50 bits per heavy atom. The smallest absolute Gasteiger partial charge is 0.337 e. The molecule has 0 radical (unpaired) electrons. The number of carbonyl (C=O) groups excluding carboxylic acids is 1. The van der Waals surface area contributed by atoms with Crippen molar-refractivity contribution in [3.8, 4) is 0 Å². The standard InChI is InChI=1S/C30H32F5N3O2/c1-17-9-22-21-6-5-20(29(39)40-3)13-25(21)36-27(22)28(38(17)16-30(2,34)35)26-23(32)11-18(12-24(26)33)10-19-14-37(15-19)8-4-7-31/h5-6,10-13,17,28,36H,4,7-9,14-16H2,1-3H3/t17-,28-/m0/s1. The van der Waals surface area contributed by atoms with Gasteiger partial charge < -0.3 is 9.72 Å². The van der Waals surface area contributed by atoms with Crippen LogP contribution in [0.5, 0.6) is 0 Å². The number of fused-ring (bicyclic) bond motifs is 3. The van der Waals surface area contributed by atoms with E-state index in [1.165, 1.54) is 24.1 Å². The SMILES string of the molecule is COC(=O)c1ccc2c3c([nH]c2c1)[C@H](c1c(F)cc(C=C2CN(CCCF)C2)cc1F)N(CC(C)(F)F)[C@@H](C)C3. The second-order valence-electron chi connectivity index (χ2n) is 10.9. The van der Waals surface area contributed by atoms with Crippen molar-refractivity contribution in [1.82, 2.24) is 14.8 Å². The lowest BCUT2D eigenvalue weighted by Crippen LogP contribution is -2.47. The lowest BCUT2D eigenvalue weighted by atomic mass is 9.87. The molecule has 0 aliphatic carbocycles. The molecule has 2 aromatic carbocycles. The van der Waals surface area contributed by atoms with E-state index in [4.69, 9.17) is 4.74 Å². The highest BCUT2D eigenvalue weighted by Gasteiger charge is 2.42. The maximum atomic E-state index is 15.8. The highest BCUT2D eigenvalue weighted by atomic mass is 19.3. The number of esters is 1. The van der Waals surface area contributed by atoms with E-state index in [-0.39, 0.29) is 5.56 Å². The number of H-pyrrole nitrogens is 1. The summed E-state index contributed by atoms with van der Waals surface area (Å²) in [7, 11) is 1.27. The summed E-state index contributed by atoms with van der Waals surface area (Å²) >= 11 is 0. The van der Waals surface area contributed by atoms with Crippen molar-refractivity contribution in [2.24, 2.45) is 0 Å².